The average Bonchev–Trinajstić information content (AvgIpc) is 3.31. The van der Waals surface area contributed by atoms with Crippen molar-refractivity contribution in [2.45, 2.75) is 25.8 Å². The van der Waals surface area contributed by atoms with E-state index in [9.17, 15) is 14.0 Å². The minimum Gasteiger partial charge on any atom is -0.361 e. The van der Waals surface area contributed by atoms with E-state index in [1.54, 1.807) is 36.4 Å². The van der Waals surface area contributed by atoms with Crippen LogP contribution in [0.15, 0.2) is 54.7 Å². The Morgan fingerprint density at radius 1 is 1.06 bits per heavy atom. The molecule has 5 rings (SSSR count). The molecule has 1 aromatic heterocycles. The fourth-order valence-corrected chi connectivity index (χ4v) is 4.62. The Bertz CT molecular complexity index is 1180. The van der Waals surface area contributed by atoms with Crippen molar-refractivity contribution in [3.05, 3.63) is 77.2 Å². The van der Waals surface area contributed by atoms with Crippen molar-refractivity contribution in [1.82, 2.24) is 14.8 Å². The maximum absolute atomic E-state index is 13.7. The number of hydrogen-bond acceptors (Lipinski definition) is 3. The molecule has 2 aromatic carbocycles. The predicted octanol–water partition coefficient (Wildman–Crippen LogP) is 4.47. The van der Waals surface area contributed by atoms with Crippen molar-refractivity contribution in [2.24, 2.45) is 0 Å². The van der Waals surface area contributed by atoms with Gasteiger partial charge in [0.1, 0.15) is 5.82 Å². The van der Waals surface area contributed by atoms with E-state index in [0.29, 0.717) is 11.1 Å². The van der Waals surface area contributed by atoms with Crippen molar-refractivity contribution in [3.8, 4) is 0 Å². The highest BCUT2D eigenvalue weighted by molar-refractivity contribution is 6.21. The van der Waals surface area contributed by atoms with Crippen molar-refractivity contribution < 1.29 is 14.0 Å². The summed E-state index contributed by atoms with van der Waals surface area (Å²) in [7, 11) is 0. The molecule has 0 bridgehead atoms. The lowest BCUT2D eigenvalue weighted by molar-refractivity contribution is 0.0581. The highest BCUT2D eigenvalue weighted by Crippen LogP contribution is 2.30. The smallest absolute Gasteiger partial charge is 0.261 e. The Kier molecular flexibility index (Phi) is 4.94. The molecule has 0 aliphatic carbocycles. The van der Waals surface area contributed by atoms with Gasteiger partial charge in [0.25, 0.3) is 11.8 Å². The van der Waals surface area contributed by atoms with Gasteiger partial charge in [-0.3, -0.25) is 19.4 Å². The number of nitrogens with one attached hydrogen (secondary N) is 1. The molecule has 2 aliphatic heterocycles. The summed E-state index contributed by atoms with van der Waals surface area (Å²) in [4.78, 5) is 32.3. The van der Waals surface area contributed by atoms with Crippen molar-refractivity contribution in [1.29, 1.82) is 0 Å². The summed E-state index contributed by atoms with van der Waals surface area (Å²) in [5, 5.41) is 0.916. The molecule has 1 unspecified atom stereocenters. The number of aromatic amines is 1. The summed E-state index contributed by atoms with van der Waals surface area (Å²) in [6, 6.07) is 11.7. The Morgan fingerprint density at radius 3 is 2.48 bits per heavy atom. The third kappa shape index (κ3) is 3.47. The first kappa shape index (κ1) is 19.7. The van der Waals surface area contributed by atoms with E-state index >= 15 is 0 Å². The Labute approximate surface area is 180 Å². The molecule has 0 saturated carbocycles. The number of rotatable bonds is 5. The molecule has 3 aromatic rings. The van der Waals surface area contributed by atoms with Gasteiger partial charge in [0, 0.05) is 48.3 Å². The summed E-state index contributed by atoms with van der Waals surface area (Å²) in [6.45, 7) is 4.43. The number of carbonyl (C=O) groups is 2. The van der Waals surface area contributed by atoms with Gasteiger partial charge in [0.05, 0.1) is 11.1 Å². The molecule has 0 saturated heterocycles. The number of H-pyrrole nitrogens is 1. The molecule has 5 nitrogen and oxygen atoms in total. The van der Waals surface area contributed by atoms with E-state index in [2.05, 4.69) is 16.0 Å². The van der Waals surface area contributed by atoms with Gasteiger partial charge in [-0.25, -0.2) is 4.39 Å². The van der Waals surface area contributed by atoms with E-state index in [4.69, 9.17) is 0 Å². The number of hydrogen-bond donors (Lipinski definition) is 1. The number of imide groups is 1. The normalized spacial score (nSPS) is 17.9. The highest BCUT2D eigenvalue weighted by Gasteiger charge is 2.38. The Morgan fingerprint density at radius 2 is 1.81 bits per heavy atom. The molecule has 1 atom stereocenters. The fourth-order valence-electron chi connectivity index (χ4n) is 4.62. The zero-order chi connectivity index (χ0) is 21.5. The van der Waals surface area contributed by atoms with Crippen molar-refractivity contribution in [3.63, 3.8) is 0 Å². The quantitative estimate of drug-likeness (QED) is 0.623. The highest BCUT2D eigenvalue weighted by atomic mass is 19.1. The van der Waals surface area contributed by atoms with E-state index in [1.165, 1.54) is 16.5 Å². The maximum Gasteiger partial charge on any atom is 0.261 e. The Balaban J connectivity index is 1.22. The second-order valence-corrected chi connectivity index (χ2v) is 8.34. The maximum atomic E-state index is 13.7. The molecule has 0 spiro atoms. The van der Waals surface area contributed by atoms with Crippen LogP contribution in [0.3, 0.4) is 0 Å². The fraction of sp³-hybridized carbons (Fsp3) is 0.280. The number of nitrogens with zero attached hydrogens (tertiary/aromatic N) is 2. The average molecular weight is 417 g/mol. The number of carbonyl (C=O) groups excluding carboxylic acids is 2. The van der Waals surface area contributed by atoms with Gasteiger partial charge in [-0.1, -0.05) is 18.2 Å². The summed E-state index contributed by atoms with van der Waals surface area (Å²) in [5.74, 6) is -0.616. The van der Waals surface area contributed by atoms with Crippen molar-refractivity contribution in [2.75, 3.05) is 19.6 Å². The molecule has 2 amide bonds. The standard InChI is InChI=1S/C25H24FN3O2/c1-16(29-24(30)19-4-2-3-5-20(19)25(29)31)8-11-28-12-9-17(10-13-28)22-15-27-23-7-6-18(26)14-21(22)23/h2-7,9,14-16,27H,8,10-13H2,1H3. The molecule has 3 heterocycles. The second-order valence-electron chi connectivity index (χ2n) is 8.34. The first-order chi connectivity index (χ1) is 15.0. The lowest BCUT2D eigenvalue weighted by atomic mass is 9.98. The van der Waals surface area contributed by atoms with Gasteiger partial charge in [-0.15, -0.1) is 0 Å². The first-order valence-electron chi connectivity index (χ1n) is 10.7. The summed E-state index contributed by atoms with van der Waals surface area (Å²) >= 11 is 0. The molecule has 1 N–H and O–H groups in total. The summed E-state index contributed by atoms with van der Waals surface area (Å²) in [6.07, 6.45) is 5.76. The zero-order valence-corrected chi connectivity index (χ0v) is 17.4. The van der Waals surface area contributed by atoms with Crippen LogP contribution in [0.4, 0.5) is 4.39 Å². The molecule has 31 heavy (non-hydrogen) atoms. The largest absolute Gasteiger partial charge is 0.361 e. The van der Waals surface area contributed by atoms with Crippen LogP contribution in [0.25, 0.3) is 16.5 Å². The predicted molar refractivity (Wildman–Crippen MR) is 118 cm³/mol. The lowest BCUT2D eigenvalue weighted by Gasteiger charge is -2.29. The van der Waals surface area contributed by atoms with E-state index < -0.39 is 0 Å². The van der Waals surface area contributed by atoms with Crippen LogP contribution < -0.4 is 0 Å². The molecule has 158 valence electrons. The van der Waals surface area contributed by atoms with Crippen molar-refractivity contribution >= 4 is 28.3 Å². The number of aromatic nitrogens is 1. The van der Waals surface area contributed by atoms with Crippen LogP contribution in [0.2, 0.25) is 0 Å². The minimum absolute atomic E-state index is 0.158. The van der Waals surface area contributed by atoms with Gasteiger partial charge in [-0.05, 0) is 55.7 Å². The van der Waals surface area contributed by atoms with Gasteiger partial charge in [0.15, 0.2) is 0 Å². The minimum atomic E-state index is -0.228. The van der Waals surface area contributed by atoms with Crippen LogP contribution in [-0.4, -0.2) is 52.3 Å². The van der Waals surface area contributed by atoms with Crippen LogP contribution in [0.5, 0.6) is 0 Å². The molecule has 0 fully saturated rings. The van der Waals surface area contributed by atoms with Crippen LogP contribution in [0, 0.1) is 5.82 Å². The Hall–Kier alpha value is -3.25. The van der Waals surface area contributed by atoms with E-state index in [0.717, 1.165) is 48.9 Å². The lowest BCUT2D eigenvalue weighted by Crippen LogP contribution is -2.40. The van der Waals surface area contributed by atoms with Gasteiger partial charge in [-0.2, -0.15) is 0 Å². The zero-order valence-electron chi connectivity index (χ0n) is 17.4. The number of fused-ring (bicyclic) bond motifs is 2. The third-order valence-electron chi connectivity index (χ3n) is 6.41. The topological polar surface area (TPSA) is 56.4 Å². The molecule has 2 aliphatic rings. The molecule has 0 radical (unpaired) electrons. The first-order valence-corrected chi connectivity index (χ1v) is 10.7. The van der Waals surface area contributed by atoms with Gasteiger partial charge < -0.3 is 4.98 Å². The second kappa shape index (κ2) is 7.78. The molecule has 6 heteroatoms. The van der Waals surface area contributed by atoms with E-state index in [1.807, 2.05) is 13.1 Å². The summed E-state index contributed by atoms with van der Waals surface area (Å²) in [5.41, 5.74) is 4.23. The molecular weight excluding hydrogens is 393 g/mol. The monoisotopic (exact) mass is 417 g/mol. The van der Waals surface area contributed by atoms with Crippen LogP contribution >= 0.6 is 0 Å². The summed E-state index contributed by atoms with van der Waals surface area (Å²) < 4.78 is 13.7. The van der Waals surface area contributed by atoms with Crippen LogP contribution in [-0.2, 0) is 0 Å². The van der Waals surface area contributed by atoms with Gasteiger partial charge in [0.2, 0.25) is 0 Å². The van der Waals surface area contributed by atoms with E-state index in [-0.39, 0.29) is 23.7 Å². The SMILES string of the molecule is CC(CCN1CC=C(c2c[nH]c3ccc(F)cc23)CC1)N1C(=O)c2ccccc2C1=O. The third-order valence-corrected chi connectivity index (χ3v) is 6.41. The number of halogens is 1. The van der Waals surface area contributed by atoms with Crippen LogP contribution in [0.1, 0.15) is 46.0 Å². The molecular formula is C25H24FN3O2. The number of benzene rings is 2. The van der Waals surface area contributed by atoms with Gasteiger partial charge >= 0.3 is 0 Å². The number of amides is 2.